The molecule has 0 spiro atoms. The minimum absolute atomic E-state index is 0.0855. The van der Waals surface area contributed by atoms with Gasteiger partial charge in [0.15, 0.2) is 0 Å². The number of benzene rings is 1. The Bertz CT molecular complexity index is 572. The zero-order valence-corrected chi connectivity index (χ0v) is 10.7. The number of nitrogens with zero attached hydrogens (tertiary/aromatic N) is 2. The summed E-state index contributed by atoms with van der Waals surface area (Å²) >= 11 is 0. The van der Waals surface area contributed by atoms with E-state index >= 15 is 0 Å². The molecule has 2 rings (SSSR count). The van der Waals surface area contributed by atoms with Crippen LogP contribution in [0.5, 0.6) is 0 Å². The predicted molar refractivity (Wildman–Crippen MR) is 65.0 cm³/mol. The molecule has 1 aromatic rings. The second-order valence-corrected chi connectivity index (χ2v) is 4.73. The zero-order valence-electron chi connectivity index (χ0n) is 10.7. The molecular formula is C14H13FN2O2. The maximum atomic E-state index is 13.9. The molecule has 1 fully saturated rings. The summed E-state index contributed by atoms with van der Waals surface area (Å²) in [7, 11) is 0. The van der Waals surface area contributed by atoms with E-state index in [1.54, 1.807) is 19.9 Å². The molecule has 2 unspecified atom stereocenters. The van der Waals surface area contributed by atoms with Crippen LogP contribution in [-0.2, 0) is 16.1 Å². The molecule has 19 heavy (non-hydrogen) atoms. The first-order valence-corrected chi connectivity index (χ1v) is 6.00. The van der Waals surface area contributed by atoms with Crippen LogP contribution >= 0.6 is 0 Å². The van der Waals surface area contributed by atoms with Crippen LogP contribution in [0.2, 0.25) is 0 Å². The van der Waals surface area contributed by atoms with Crippen molar-refractivity contribution in [2.24, 2.45) is 11.8 Å². The molecule has 1 heterocycles. The third-order valence-corrected chi connectivity index (χ3v) is 3.59. The molecule has 98 valence electrons. The third-order valence-electron chi connectivity index (χ3n) is 3.59. The van der Waals surface area contributed by atoms with Crippen LogP contribution < -0.4 is 0 Å². The largest absolute Gasteiger partial charge is 0.278 e. The number of hydrogen-bond donors (Lipinski definition) is 0. The zero-order chi connectivity index (χ0) is 14.2. The number of rotatable bonds is 2. The van der Waals surface area contributed by atoms with Crippen LogP contribution in [0.3, 0.4) is 0 Å². The van der Waals surface area contributed by atoms with Crippen LogP contribution in [0, 0.1) is 29.0 Å². The van der Waals surface area contributed by atoms with Gasteiger partial charge >= 0.3 is 0 Å². The second-order valence-electron chi connectivity index (χ2n) is 4.73. The van der Waals surface area contributed by atoms with Crippen molar-refractivity contribution in [2.45, 2.75) is 20.4 Å². The van der Waals surface area contributed by atoms with Crippen LogP contribution in [0.15, 0.2) is 18.2 Å². The van der Waals surface area contributed by atoms with E-state index in [9.17, 15) is 14.0 Å². The number of hydrogen-bond acceptors (Lipinski definition) is 3. The number of amides is 2. The number of carbonyl (C=O) groups excluding carboxylic acids is 2. The smallest absolute Gasteiger partial charge is 0.233 e. The van der Waals surface area contributed by atoms with Crippen molar-refractivity contribution in [1.82, 2.24) is 4.90 Å². The minimum atomic E-state index is -0.669. The molecule has 2 atom stereocenters. The predicted octanol–water partition coefficient (Wildman–Crippen LogP) is 1.84. The minimum Gasteiger partial charge on any atom is -0.278 e. The van der Waals surface area contributed by atoms with E-state index in [4.69, 9.17) is 5.26 Å². The Labute approximate surface area is 110 Å². The standard InChI is InChI=1S/C14H13FN2O2/c1-8-9(2)14(19)17(13(8)18)7-11-5-3-4-10(6-16)12(11)15/h3-5,8-9H,7H2,1-2H3. The monoisotopic (exact) mass is 260 g/mol. The Balaban J connectivity index is 2.31. The van der Waals surface area contributed by atoms with Gasteiger partial charge in [0.2, 0.25) is 11.8 Å². The fourth-order valence-electron chi connectivity index (χ4n) is 2.14. The average Bonchev–Trinajstić information content (AvgIpc) is 2.59. The molecule has 1 aliphatic rings. The Hall–Kier alpha value is -2.22. The number of nitriles is 1. The molecule has 5 heteroatoms. The van der Waals surface area contributed by atoms with E-state index in [0.717, 1.165) is 4.90 Å². The molecule has 4 nitrogen and oxygen atoms in total. The summed E-state index contributed by atoms with van der Waals surface area (Å²) in [5.74, 6) is -2.01. The Kier molecular flexibility index (Phi) is 3.34. The van der Waals surface area contributed by atoms with Gasteiger partial charge in [-0.1, -0.05) is 26.0 Å². The van der Waals surface area contributed by atoms with Gasteiger partial charge in [-0.2, -0.15) is 5.26 Å². The molecule has 1 aromatic carbocycles. The van der Waals surface area contributed by atoms with Gasteiger partial charge in [-0.15, -0.1) is 0 Å². The average molecular weight is 260 g/mol. The lowest BCUT2D eigenvalue weighted by Gasteiger charge is -2.15. The quantitative estimate of drug-likeness (QED) is 0.762. The van der Waals surface area contributed by atoms with Gasteiger partial charge in [0.25, 0.3) is 0 Å². The van der Waals surface area contributed by atoms with Crippen molar-refractivity contribution < 1.29 is 14.0 Å². The molecule has 2 amide bonds. The lowest BCUT2D eigenvalue weighted by molar-refractivity contribution is -0.140. The second kappa shape index (κ2) is 4.81. The Morgan fingerprint density at radius 3 is 2.37 bits per heavy atom. The lowest BCUT2D eigenvalue weighted by atomic mass is 10.00. The highest BCUT2D eigenvalue weighted by Gasteiger charge is 2.42. The van der Waals surface area contributed by atoms with Crippen molar-refractivity contribution in [1.29, 1.82) is 5.26 Å². The molecule has 0 aliphatic carbocycles. The number of imide groups is 1. The maximum Gasteiger partial charge on any atom is 0.233 e. The first-order chi connectivity index (χ1) is 8.97. The van der Waals surface area contributed by atoms with E-state index in [-0.39, 0.29) is 41.3 Å². The third kappa shape index (κ3) is 2.10. The van der Waals surface area contributed by atoms with Crippen LogP contribution in [-0.4, -0.2) is 16.7 Å². The molecule has 0 aromatic heterocycles. The van der Waals surface area contributed by atoms with E-state index in [0.29, 0.717) is 0 Å². The van der Waals surface area contributed by atoms with E-state index in [2.05, 4.69) is 0 Å². The number of halogens is 1. The SMILES string of the molecule is CC1C(=O)N(Cc2cccc(C#N)c2F)C(=O)C1C. The van der Waals surface area contributed by atoms with Gasteiger partial charge in [-0.3, -0.25) is 14.5 Å². The summed E-state index contributed by atoms with van der Waals surface area (Å²) in [6, 6.07) is 6.11. The number of carbonyl (C=O) groups is 2. The van der Waals surface area contributed by atoms with Crippen LogP contribution in [0.4, 0.5) is 4.39 Å². The van der Waals surface area contributed by atoms with Crippen molar-refractivity contribution in [3.8, 4) is 6.07 Å². The lowest BCUT2D eigenvalue weighted by Crippen LogP contribution is -2.30. The van der Waals surface area contributed by atoms with Crippen LogP contribution in [0.1, 0.15) is 25.0 Å². The van der Waals surface area contributed by atoms with Crippen molar-refractivity contribution in [3.05, 3.63) is 35.1 Å². The van der Waals surface area contributed by atoms with Gasteiger partial charge in [-0.05, 0) is 6.07 Å². The molecular weight excluding hydrogens is 247 g/mol. The summed E-state index contributed by atoms with van der Waals surface area (Å²) in [6.07, 6.45) is 0. The Morgan fingerprint density at radius 2 is 1.84 bits per heavy atom. The summed E-state index contributed by atoms with van der Waals surface area (Å²) in [6.45, 7) is 3.26. The van der Waals surface area contributed by atoms with Crippen molar-refractivity contribution in [2.75, 3.05) is 0 Å². The summed E-state index contributed by atoms with van der Waals surface area (Å²) < 4.78 is 13.9. The molecule has 0 radical (unpaired) electrons. The highest BCUT2D eigenvalue weighted by atomic mass is 19.1. The van der Waals surface area contributed by atoms with Gasteiger partial charge < -0.3 is 0 Å². The normalized spacial score (nSPS) is 22.7. The van der Waals surface area contributed by atoms with Gasteiger partial charge in [-0.25, -0.2) is 4.39 Å². The van der Waals surface area contributed by atoms with Crippen LogP contribution in [0.25, 0.3) is 0 Å². The molecule has 1 aliphatic heterocycles. The van der Waals surface area contributed by atoms with Gasteiger partial charge in [0.05, 0.1) is 12.1 Å². The first kappa shape index (κ1) is 13.2. The summed E-state index contributed by atoms with van der Waals surface area (Å²) in [4.78, 5) is 24.9. The van der Waals surface area contributed by atoms with E-state index in [1.807, 2.05) is 0 Å². The molecule has 0 saturated carbocycles. The van der Waals surface area contributed by atoms with Gasteiger partial charge in [0.1, 0.15) is 11.9 Å². The first-order valence-electron chi connectivity index (χ1n) is 6.00. The van der Waals surface area contributed by atoms with E-state index in [1.165, 1.54) is 18.2 Å². The topological polar surface area (TPSA) is 61.2 Å². The maximum absolute atomic E-state index is 13.9. The fourth-order valence-corrected chi connectivity index (χ4v) is 2.14. The molecule has 1 saturated heterocycles. The van der Waals surface area contributed by atoms with E-state index < -0.39 is 5.82 Å². The van der Waals surface area contributed by atoms with Crippen molar-refractivity contribution >= 4 is 11.8 Å². The highest BCUT2D eigenvalue weighted by Crippen LogP contribution is 2.27. The Morgan fingerprint density at radius 1 is 1.26 bits per heavy atom. The fraction of sp³-hybridized carbons (Fsp3) is 0.357. The number of likely N-dealkylation sites (tertiary alicyclic amines) is 1. The highest BCUT2D eigenvalue weighted by molar-refractivity contribution is 6.04. The molecule has 0 N–H and O–H groups in total. The van der Waals surface area contributed by atoms with Crippen molar-refractivity contribution in [3.63, 3.8) is 0 Å². The molecule has 0 bridgehead atoms. The summed E-state index contributed by atoms with van der Waals surface area (Å²) in [5, 5.41) is 8.75. The van der Waals surface area contributed by atoms with Gasteiger partial charge in [0, 0.05) is 17.4 Å². The summed E-state index contributed by atoms with van der Waals surface area (Å²) in [5.41, 5.74) is 0.0970.